The van der Waals surface area contributed by atoms with Gasteiger partial charge in [0.05, 0.1) is 29.9 Å². The predicted molar refractivity (Wildman–Crippen MR) is 111 cm³/mol. The fourth-order valence-corrected chi connectivity index (χ4v) is 3.46. The van der Waals surface area contributed by atoms with Gasteiger partial charge in [-0.25, -0.2) is 4.98 Å². The lowest BCUT2D eigenvalue weighted by atomic mass is 10.2. The van der Waals surface area contributed by atoms with Gasteiger partial charge in [-0.05, 0) is 12.1 Å². The fourth-order valence-electron chi connectivity index (χ4n) is 3.46. The van der Waals surface area contributed by atoms with Crippen molar-refractivity contribution in [2.24, 2.45) is 21.1 Å². The summed E-state index contributed by atoms with van der Waals surface area (Å²) in [6.45, 7) is 0. The Morgan fingerprint density at radius 3 is 2.69 bits per heavy atom. The minimum absolute atomic E-state index is 0.651. The van der Waals surface area contributed by atoms with E-state index in [2.05, 4.69) is 30.0 Å². The molecule has 0 fully saturated rings. The van der Waals surface area contributed by atoms with Gasteiger partial charge in [-0.2, -0.15) is 10.2 Å². The second kappa shape index (κ2) is 6.33. The normalized spacial score (nSPS) is 11.4. The maximum Gasteiger partial charge on any atom is 0.163 e. The molecule has 0 aliphatic heterocycles. The number of aromatic nitrogens is 7. The van der Waals surface area contributed by atoms with Crippen LogP contribution in [-0.2, 0) is 21.1 Å². The van der Waals surface area contributed by atoms with Crippen LogP contribution in [0.25, 0.3) is 33.3 Å². The van der Waals surface area contributed by atoms with Gasteiger partial charge < -0.3 is 14.6 Å². The number of nitrogens with one attached hydrogen (secondary N) is 1. The molecule has 5 rings (SSSR count). The molecule has 0 saturated carbocycles. The minimum Gasteiger partial charge on any atom is -0.496 e. The number of nitrogens with zero attached hydrogens (tertiary/aromatic N) is 7. The van der Waals surface area contributed by atoms with Crippen molar-refractivity contribution in [3.05, 3.63) is 42.9 Å². The molecule has 5 heterocycles. The van der Waals surface area contributed by atoms with Crippen molar-refractivity contribution in [1.82, 2.24) is 34.1 Å². The molecule has 0 bridgehead atoms. The van der Waals surface area contributed by atoms with Crippen LogP contribution in [0.1, 0.15) is 0 Å². The highest BCUT2D eigenvalue weighted by Gasteiger charge is 2.14. The van der Waals surface area contributed by atoms with Crippen molar-refractivity contribution < 1.29 is 4.74 Å². The van der Waals surface area contributed by atoms with Crippen molar-refractivity contribution in [3.63, 3.8) is 0 Å². The van der Waals surface area contributed by atoms with Gasteiger partial charge in [0.15, 0.2) is 5.65 Å². The number of anilines is 2. The van der Waals surface area contributed by atoms with Crippen LogP contribution >= 0.6 is 0 Å². The molecule has 0 aromatic carbocycles. The molecule has 0 unspecified atom stereocenters. The molecule has 1 N–H and O–H groups in total. The van der Waals surface area contributed by atoms with Crippen LogP contribution in [-0.4, -0.2) is 41.2 Å². The third-order valence-electron chi connectivity index (χ3n) is 5.06. The lowest BCUT2D eigenvalue weighted by molar-refractivity contribution is 0.419. The van der Waals surface area contributed by atoms with Gasteiger partial charge in [0.1, 0.15) is 23.1 Å². The van der Waals surface area contributed by atoms with Gasteiger partial charge in [0.2, 0.25) is 0 Å². The highest BCUT2D eigenvalue weighted by atomic mass is 16.5. The van der Waals surface area contributed by atoms with E-state index in [0.717, 1.165) is 39.1 Å². The molecular formula is C20H20N8O. The number of hydrogen-bond acceptors (Lipinski definition) is 6. The molecule has 146 valence electrons. The summed E-state index contributed by atoms with van der Waals surface area (Å²) < 4.78 is 11.1. The minimum atomic E-state index is 0.651. The summed E-state index contributed by atoms with van der Waals surface area (Å²) in [6, 6.07) is 7.90. The summed E-state index contributed by atoms with van der Waals surface area (Å²) in [7, 11) is 7.39. The molecule has 0 atom stereocenters. The summed E-state index contributed by atoms with van der Waals surface area (Å²) in [4.78, 5) is 9.22. The van der Waals surface area contributed by atoms with Gasteiger partial charge in [0, 0.05) is 51.1 Å². The van der Waals surface area contributed by atoms with E-state index >= 15 is 0 Å². The Morgan fingerprint density at radius 2 is 1.86 bits per heavy atom. The van der Waals surface area contributed by atoms with E-state index < -0.39 is 0 Å². The number of pyridine rings is 2. The average Bonchev–Trinajstić information content (AvgIpc) is 3.40. The van der Waals surface area contributed by atoms with Crippen LogP contribution in [0.2, 0.25) is 0 Å². The summed E-state index contributed by atoms with van der Waals surface area (Å²) >= 11 is 0. The topological polar surface area (TPSA) is 87.6 Å². The maximum atomic E-state index is 5.50. The smallest absolute Gasteiger partial charge is 0.163 e. The van der Waals surface area contributed by atoms with Crippen LogP contribution in [0.4, 0.5) is 11.6 Å². The molecule has 0 amide bonds. The summed E-state index contributed by atoms with van der Waals surface area (Å²) in [5.74, 6) is 2.16. The van der Waals surface area contributed by atoms with Gasteiger partial charge in [-0.1, -0.05) is 0 Å². The van der Waals surface area contributed by atoms with Crippen molar-refractivity contribution in [2.45, 2.75) is 0 Å². The molecule has 0 spiro atoms. The van der Waals surface area contributed by atoms with Crippen molar-refractivity contribution in [3.8, 4) is 17.1 Å². The number of ether oxygens (including phenoxy) is 1. The SMILES string of the molecule is COc1cc(Nc2cc(-c3cc4c(ccn4C)cn3)nn2C)nc2c1cnn2C. The fraction of sp³-hybridized carbons (Fsp3) is 0.200. The first kappa shape index (κ1) is 17.2. The largest absolute Gasteiger partial charge is 0.496 e. The van der Waals surface area contributed by atoms with Crippen molar-refractivity contribution >= 4 is 33.6 Å². The van der Waals surface area contributed by atoms with Crippen LogP contribution in [0.5, 0.6) is 5.75 Å². The highest BCUT2D eigenvalue weighted by Crippen LogP contribution is 2.29. The summed E-state index contributed by atoms with van der Waals surface area (Å²) in [6.07, 6.45) is 5.64. The van der Waals surface area contributed by atoms with Crippen LogP contribution in [0.15, 0.2) is 42.9 Å². The standard InChI is InChI=1S/C20H20N8O/c1-26-6-5-12-10-21-14(7-16(12)26)15-8-19(27(2)25-15)23-18-9-17(29-4)13-11-22-28(3)20(13)24-18/h5-11H,1-4H3,(H,23,24). The summed E-state index contributed by atoms with van der Waals surface area (Å²) in [5.41, 5.74) is 3.45. The third kappa shape index (κ3) is 2.78. The van der Waals surface area contributed by atoms with Gasteiger partial charge in [-0.15, -0.1) is 0 Å². The van der Waals surface area contributed by atoms with E-state index in [1.165, 1.54) is 0 Å². The Hall–Kier alpha value is -3.88. The monoisotopic (exact) mass is 388 g/mol. The van der Waals surface area contributed by atoms with Crippen LogP contribution in [0.3, 0.4) is 0 Å². The lowest BCUT2D eigenvalue weighted by Gasteiger charge is -2.08. The number of rotatable bonds is 4. The number of methoxy groups -OCH3 is 1. The molecule has 9 heteroatoms. The van der Waals surface area contributed by atoms with Crippen LogP contribution in [0, 0.1) is 0 Å². The van der Waals surface area contributed by atoms with Crippen molar-refractivity contribution in [2.75, 3.05) is 12.4 Å². The molecule has 9 nitrogen and oxygen atoms in total. The zero-order valence-electron chi connectivity index (χ0n) is 16.6. The van der Waals surface area contributed by atoms with Crippen LogP contribution < -0.4 is 10.1 Å². The first-order valence-electron chi connectivity index (χ1n) is 9.13. The first-order valence-corrected chi connectivity index (χ1v) is 9.13. The lowest BCUT2D eigenvalue weighted by Crippen LogP contribution is -2.02. The van der Waals surface area contributed by atoms with Crippen molar-refractivity contribution in [1.29, 1.82) is 0 Å². The van der Waals surface area contributed by atoms with E-state index in [4.69, 9.17) is 4.74 Å². The third-order valence-corrected chi connectivity index (χ3v) is 5.06. The van der Waals surface area contributed by atoms with Gasteiger partial charge >= 0.3 is 0 Å². The zero-order valence-corrected chi connectivity index (χ0v) is 16.6. The van der Waals surface area contributed by atoms with E-state index in [1.807, 2.05) is 57.8 Å². The highest BCUT2D eigenvalue weighted by molar-refractivity contribution is 5.85. The quantitative estimate of drug-likeness (QED) is 0.509. The molecule has 5 aromatic heterocycles. The number of aryl methyl sites for hydroxylation is 3. The first-order chi connectivity index (χ1) is 14.0. The second-order valence-electron chi connectivity index (χ2n) is 6.93. The molecule has 0 radical (unpaired) electrons. The van der Waals surface area contributed by atoms with E-state index in [-0.39, 0.29) is 0 Å². The molecular weight excluding hydrogens is 368 g/mol. The second-order valence-corrected chi connectivity index (χ2v) is 6.93. The Balaban J connectivity index is 1.53. The molecule has 0 aliphatic rings. The van der Waals surface area contributed by atoms with E-state index in [9.17, 15) is 0 Å². The number of hydrogen-bond donors (Lipinski definition) is 1. The summed E-state index contributed by atoms with van der Waals surface area (Å²) in [5, 5.41) is 14.2. The van der Waals surface area contributed by atoms with Gasteiger partial charge in [-0.3, -0.25) is 14.3 Å². The van der Waals surface area contributed by atoms with E-state index in [0.29, 0.717) is 11.6 Å². The van der Waals surface area contributed by atoms with E-state index in [1.54, 1.807) is 22.7 Å². The molecule has 29 heavy (non-hydrogen) atoms. The maximum absolute atomic E-state index is 5.50. The zero-order chi connectivity index (χ0) is 20.1. The molecule has 5 aromatic rings. The molecule has 0 aliphatic carbocycles. The Labute approximate surface area is 166 Å². The number of fused-ring (bicyclic) bond motifs is 2. The predicted octanol–water partition coefficient (Wildman–Crippen LogP) is 3.01. The molecule has 0 saturated heterocycles. The van der Waals surface area contributed by atoms with Gasteiger partial charge in [0.25, 0.3) is 0 Å². The Kier molecular flexibility index (Phi) is 3.76. The Bertz CT molecular complexity index is 1360. The average molecular weight is 388 g/mol. The Morgan fingerprint density at radius 1 is 1.00 bits per heavy atom.